The van der Waals surface area contributed by atoms with Crippen LogP contribution in [0.3, 0.4) is 0 Å². The molecule has 3 heterocycles. The zero-order chi connectivity index (χ0) is 26.1. The van der Waals surface area contributed by atoms with E-state index in [2.05, 4.69) is 125 Å². The maximum atomic E-state index is 5.84. The van der Waals surface area contributed by atoms with Crippen LogP contribution < -0.4 is 4.90 Å². The number of fused-ring (bicyclic) bond motifs is 6. The van der Waals surface area contributed by atoms with Crippen LogP contribution in [0, 0.1) is 0 Å². The first-order chi connectivity index (χ1) is 19.1. The van der Waals surface area contributed by atoms with Gasteiger partial charge in [-0.15, -0.1) is 0 Å². The van der Waals surface area contributed by atoms with Crippen molar-refractivity contribution in [2.75, 3.05) is 4.90 Å². The summed E-state index contributed by atoms with van der Waals surface area (Å²) in [4.78, 5) is 5.61. The summed E-state index contributed by atoms with van der Waals surface area (Å²) in [6.45, 7) is 4.66. The zero-order valence-corrected chi connectivity index (χ0v) is 21.8. The summed E-state index contributed by atoms with van der Waals surface area (Å²) < 4.78 is 8.04. The Balaban J connectivity index is 1.34. The number of para-hydroxylation sites is 1. The second kappa shape index (κ2) is 8.02. The summed E-state index contributed by atoms with van der Waals surface area (Å²) in [6.07, 6.45) is 5.77. The van der Waals surface area contributed by atoms with Gasteiger partial charge in [-0.05, 0) is 70.8 Å². The highest BCUT2D eigenvalue weighted by atomic mass is 16.3. The van der Waals surface area contributed by atoms with Crippen LogP contribution >= 0.6 is 0 Å². The van der Waals surface area contributed by atoms with Crippen molar-refractivity contribution in [3.63, 3.8) is 0 Å². The number of rotatable bonds is 4. The third-order valence-electron chi connectivity index (χ3n) is 8.31. The molecular formula is C35H27N3O. The van der Waals surface area contributed by atoms with E-state index in [1.807, 2.05) is 18.3 Å². The smallest absolute Gasteiger partial charge is 0.204 e. The molecule has 0 spiro atoms. The second-order valence-corrected chi connectivity index (χ2v) is 10.8. The van der Waals surface area contributed by atoms with Gasteiger partial charge >= 0.3 is 0 Å². The molecule has 0 saturated carbocycles. The van der Waals surface area contributed by atoms with E-state index in [4.69, 9.17) is 4.42 Å². The second-order valence-electron chi connectivity index (χ2n) is 10.8. The van der Waals surface area contributed by atoms with E-state index in [1.165, 1.54) is 33.0 Å². The molecule has 39 heavy (non-hydrogen) atoms. The molecule has 0 atom stereocenters. The fraction of sp³-hybridized carbons (Fsp3) is 0.0857. The largest absolute Gasteiger partial charge is 0.448 e. The molecule has 0 bridgehead atoms. The van der Waals surface area contributed by atoms with Crippen molar-refractivity contribution < 1.29 is 4.42 Å². The molecule has 4 aromatic carbocycles. The van der Waals surface area contributed by atoms with Crippen molar-refractivity contribution in [2.45, 2.75) is 19.3 Å². The summed E-state index contributed by atoms with van der Waals surface area (Å²) >= 11 is 0. The van der Waals surface area contributed by atoms with Gasteiger partial charge in [0.05, 0.1) is 23.0 Å². The molecule has 0 fully saturated rings. The normalized spacial score (nSPS) is 13.6. The summed E-state index contributed by atoms with van der Waals surface area (Å²) in [5, 5.41) is 2.39. The van der Waals surface area contributed by atoms with Gasteiger partial charge in [-0.3, -0.25) is 4.57 Å². The van der Waals surface area contributed by atoms with E-state index in [0.717, 1.165) is 34.0 Å². The van der Waals surface area contributed by atoms with Crippen molar-refractivity contribution >= 4 is 38.9 Å². The van der Waals surface area contributed by atoms with Gasteiger partial charge in [0.25, 0.3) is 0 Å². The first-order valence-corrected chi connectivity index (χ1v) is 13.4. The van der Waals surface area contributed by atoms with Gasteiger partial charge in [0.2, 0.25) is 5.88 Å². The van der Waals surface area contributed by atoms with Crippen molar-refractivity contribution in [1.29, 1.82) is 0 Å². The third kappa shape index (κ3) is 3.12. The van der Waals surface area contributed by atoms with E-state index in [9.17, 15) is 0 Å². The van der Waals surface area contributed by atoms with Crippen molar-refractivity contribution in [1.82, 2.24) is 9.55 Å². The minimum atomic E-state index is -0.0633. The Hall–Kier alpha value is -4.96. The Kier molecular flexibility index (Phi) is 4.54. The molecule has 7 aromatic rings. The fourth-order valence-electron chi connectivity index (χ4n) is 6.47. The van der Waals surface area contributed by atoms with Crippen LogP contribution in [0.15, 0.2) is 126 Å². The molecule has 1 aliphatic rings. The number of furan rings is 1. The first-order valence-electron chi connectivity index (χ1n) is 13.4. The summed E-state index contributed by atoms with van der Waals surface area (Å²) in [5.74, 6) is 0.817. The molecule has 1 N–H and O–H groups in total. The molecule has 3 aromatic heterocycles. The molecule has 0 amide bonds. The average Bonchev–Trinajstić information content (AvgIpc) is 3.76. The number of hydrogen-bond acceptors (Lipinski definition) is 2. The minimum Gasteiger partial charge on any atom is -0.448 e. The molecule has 0 aliphatic heterocycles. The highest BCUT2D eigenvalue weighted by Crippen LogP contribution is 2.50. The monoisotopic (exact) mass is 505 g/mol. The molecule has 4 nitrogen and oxygen atoms in total. The van der Waals surface area contributed by atoms with Crippen molar-refractivity contribution in [3.8, 4) is 17.0 Å². The predicted octanol–water partition coefficient (Wildman–Crippen LogP) is 9.48. The van der Waals surface area contributed by atoms with Crippen LogP contribution in [0.4, 0.5) is 17.1 Å². The molecule has 1 aliphatic carbocycles. The van der Waals surface area contributed by atoms with Crippen molar-refractivity contribution in [2.24, 2.45) is 0 Å². The van der Waals surface area contributed by atoms with Gasteiger partial charge in [0.1, 0.15) is 0 Å². The predicted molar refractivity (Wildman–Crippen MR) is 160 cm³/mol. The lowest BCUT2D eigenvalue weighted by Gasteiger charge is -2.27. The van der Waals surface area contributed by atoms with Crippen LogP contribution in [0.25, 0.3) is 38.8 Å². The first kappa shape index (κ1) is 22.1. The Labute approximate surface area is 226 Å². The Morgan fingerprint density at radius 2 is 1.44 bits per heavy atom. The molecule has 188 valence electrons. The van der Waals surface area contributed by atoms with Crippen LogP contribution in [0.5, 0.6) is 0 Å². The topological polar surface area (TPSA) is 37.1 Å². The summed E-state index contributed by atoms with van der Waals surface area (Å²) in [7, 11) is 0. The lowest BCUT2D eigenvalue weighted by Crippen LogP contribution is -2.16. The minimum absolute atomic E-state index is 0.0633. The van der Waals surface area contributed by atoms with Gasteiger partial charge in [-0.25, -0.2) is 0 Å². The Bertz CT molecular complexity index is 1990. The number of benzene rings is 4. The van der Waals surface area contributed by atoms with Gasteiger partial charge in [-0.1, -0.05) is 62.4 Å². The quantitative estimate of drug-likeness (QED) is 0.259. The summed E-state index contributed by atoms with van der Waals surface area (Å²) in [5.41, 5.74) is 10.9. The zero-order valence-electron chi connectivity index (χ0n) is 21.8. The molecular weight excluding hydrogens is 478 g/mol. The van der Waals surface area contributed by atoms with Crippen LogP contribution in [-0.4, -0.2) is 9.55 Å². The number of aromatic nitrogens is 2. The number of aromatic amines is 1. The maximum absolute atomic E-state index is 5.84. The lowest BCUT2D eigenvalue weighted by atomic mass is 9.82. The third-order valence-corrected chi connectivity index (χ3v) is 8.31. The maximum Gasteiger partial charge on any atom is 0.204 e. The number of anilines is 3. The van der Waals surface area contributed by atoms with Crippen LogP contribution in [-0.2, 0) is 5.41 Å². The van der Waals surface area contributed by atoms with E-state index in [-0.39, 0.29) is 5.41 Å². The molecule has 4 heteroatoms. The van der Waals surface area contributed by atoms with Gasteiger partial charge in [-0.2, -0.15) is 0 Å². The van der Waals surface area contributed by atoms with Gasteiger partial charge < -0.3 is 14.3 Å². The SMILES string of the molecule is CC1(C)c2ccccc2-c2ccc(N(c3cc[nH]c3)c3ccc4c(c3)c3ccccc3n4-c3ccco3)cc21. The Morgan fingerprint density at radius 3 is 2.28 bits per heavy atom. The van der Waals surface area contributed by atoms with Gasteiger partial charge in [0.15, 0.2) is 0 Å². The lowest BCUT2D eigenvalue weighted by molar-refractivity contribution is 0.546. The molecule has 8 rings (SSSR count). The number of nitrogens with zero attached hydrogens (tertiary/aromatic N) is 2. The standard InChI is InChI=1S/C35H27N3O/c1-35(2)30-10-5-3-8-26(30)27-15-13-24(21-31(27)35)37(25-17-18-36-22-25)23-14-16-33-29(20-23)28-9-4-6-11-32(28)38(33)34-12-7-19-39-34/h3-22,36H,1-2H3. The van der Waals surface area contributed by atoms with Crippen LogP contribution in [0.2, 0.25) is 0 Å². The fourth-order valence-corrected chi connectivity index (χ4v) is 6.47. The molecule has 0 radical (unpaired) electrons. The average molecular weight is 506 g/mol. The van der Waals surface area contributed by atoms with E-state index >= 15 is 0 Å². The van der Waals surface area contributed by atoms with Crippen LogP contribution in [0.1, 0.15) is 25.0 Å². The highest BCUT2D eigenvalue weighted by molar-refractivity contribution is 6.10. The summed E-state index contributed by atoms with van der Waals surface area (Å²) in [6, 6.07) is 37.0. The highest BCUT2D eigenvalue weighted by Gasteiger charge is 2.35. The number of H-pyrrole nitrogens is 1. The van der Waals surface area contributed by atoms with Crippen molar-refractivity contribution in [3.05, 3.63) is 133 Å². The molecule has 0 saturated heterocycles. The van der Waals surface area contributed by atoms with Gasteiger partial charge in [0, 0.05) is 46.0 Å². The van der Waals surface area contributed by atoms with E-state index in [0.29, 0.717) is 0 Å². The number of nitrogens with one attached hydrogen (secondary N) is 1. The molecule has 0 unspecified atom stereocenters. The van der Waals surface area contributed by atoms with E-state index in [1.54, 1.807) is 6.26 Å². The van der Waals surface area contributed by atoms with E-state index < -0.39 is 0 Å². The number of hydrogen-bond donors (Lipinski definition) is 1. The Morgan fingerprint density at radius 1 is 0.667 bits per heavy atom.